The van der Waals surface area contributed by atoms with E-state index in [9.17, 15) is 14.4 Å². The molecule has 3 N–H and O–H groups in total. The highest BCUT2D eigenvalue weighted by Gasteiger charge is 2.27. The molecule has 0 radical (unpaired) electrons. The number of nitrogens with zero attached hydrogens (tertiary/aromatic N) is 1. The molecule has 160 valence electrons. The van der Waals surface area contributed by atoms with E-state index < -0.39 is 12.0 Å². The zero-order valence-corrected chi connectivity index (χ0v) is 16.9. The summed E-state index contributed by atoms with van der Waals surface area (Å²) in [6, 6.07) is 2.85. The van der Waals surface area contributed by atoms with Gasteiger partial charge in [0.1, 0.15) is 0 Å². The number of carbonyl (C=O) groups is 3. The van der Waals surface area contributed by atoms with Gasteiger partial charge in [-0.3, -0.25) is 9.59 Å². The van der Waals surface area contributed by atoms with Gasteiger partial charge >= 0.3 is 6.09 Å². The number of likely N-dealkylation sites (tertiary alicyclic amines) is 1. The summed E-state index contributed by atoms with van der Waals surface area (Å²) in [7, 11) is 2.83. The third-order valence-electron chi connectivity index (χ3n) is 4.37. The fourth-order valence-corrected chi connectivity index (χ4v) is 3.09. The Labute approximate surface area is 169 Å². The first-order valence-electron chi connectivity index (χ1n) is 9.29. The molecule has 1 aromatic carbocycles. The first-order valence-corrected chi connectivity index (χ1v) is 9.29. The van der Waals surface area contributed by atoms with Crippen LogP contribution in [-0.4, -0.2) is 69.4 Å². The highest BCUT2D eigenvalue weighted by molar-refractivity contribution is 5.96. The topological polar surface area (TPSA) is 129 Å². The number of piperidine rings is 1. The summed E-state index contributed by atoms with van der Waals surface area (Å²) < 4.78 is 20.9. The summed E-state index contributed by atoms with van der Waals surface area (Å²) >= 11 is 0. The zero-order valence-electron chi connectivity index (χ0n) is 16.9. The van der Waals surface area contributed by atoms with Gasteiger partial charge in [0.2, 0.25) is 5.75 Å². The van der Waals surface area contributed by atoms with Gasteiger partial charge in [0, 0.05) is 24.7 Å². The van der Waals surface area contributed by atoms with Crippen LogP contribution in [0.1, 0.15) is 30.1 Å². The van der Waals surface area contributed by atoms with Crippen molar-refractivity contribution >= 4 is 17.9 Å². The molecule has 1 aromatic rings. The number of benzene rings is 1. The fourth-order valence-electron chi connectivity index (χ4n) is 3.09. The van der Waals surface area contributed by atoms with Gasteiger partial charge < -0.3 is 34.9 Å². The van der Waals surface area contributed by atoms with Gasteiger partial charge in [0.15, 0.2) is 18.1 Å². The normalized spacial score (nSPS) is 16.0. The number of primary amides is 1. The lowest BCUT2D eigenvalue weighted by Crippen LogP contribution is -2.49. The maximum atomic E-state index is 13.0. The number of carbonyl (C=O) groups excluding carboxylic acids is 3. The van der Waals surface area contributed by atoms with Crippen molar-refractivity contribution in [3.63, 3.8) is 0 Å². The Bertz CT molecular complexity index is 728. The highest BCUT2D eigenvalue weighted by Crippen LogP contribution is 2.39. The maximum absolute atomic E-state index is 13.0. The molecule has 2 rings (SSSR count). The molecule has 0 bridgehead atoms. The fraction of sp³-hybridized carbons (Fsp3) is 0.526. The second kappa shape index (κ2) is 10.4. The Morgan fingerprint density at radius 1 is 1.21 bits per heavy atom. The molecule has 10 heteroatoms. The van der Waals surface area contributed by atoms with E-state index in [1.54, 1.807) is 11.8 Å². The van der Waals surface area contributed by atoms with E-state index in [4.69, 9.17) is 24.7 Å². The van der Waals surface area contributed by atoms with E-state index in [0.29, 0.717) is 18.7 Å². The van der Waals surface area contributed by atoms with E-state index in [2.05, 4.69) is 5.32 Å². The van der Waals surface area contributed by atoms with E-state index in [-0.39, 0.29) is 42.4 Å². The van der Waals surface area contributed by atoms with Gasteiger partial charge in [-0.1, -0.05) is 0 Å². The minimum atomic E-state index is -0.650. The molecule has 1 fully saturated rings. The number of hydrogen-bond acceptors (Lipinski definition) is 7. The van der Waals surface area contributed by atoms with Crippen LogP contribution in [0, 0.1) is 0 Å². The first-order chi connectivity index (χ1) is 13.9. The maximum Gasteiger partial charge on any atom is 0.407 e. The van der Waals surface area contributed by atoms with Crippen LogP contribution in [0.5, 0.6) is 17.2 Å². The van der Waals surface area contributed by atoms with Gasteiger partial charge in [0.25, 0.3) is 11.8 Å². The second-order valence-electron chi connectivity index (χ2n) is 6.42. The predicted octanol–water partition coefficient (Wildman–Crippen LogP) is 0.919. The molecule has 1 aliphatic heterocycles. The van der Waals surface area contributed by atoms with E-state index in [1.165, 1.54) is 26.4 Å². The van der Waals surface area contributed by atoms with Gasteiger partial charge in [-0.15, -0.1) is 0 Å². The molecule has 0 aromatic heterocycles. The largest absolute Gasteiger partial charge is 0.493 e. The zero-order chi connectivity index (χ0) is 21.4. The molecule has 1 atom stereocenters. The van der Waals surface area contributed by atoms with Crippen molar-refractivity contribution in [1.82, 2.24) is 10.2 Å². The van der Waals surface area contributed by atoms with E-state index in [1.807, 2.05) is 0 Å². The second-order valence-corrected chi connectivity index (χ2v) is 6.42. The standard InChI is InChI=1S/C19H27N3O7/c1-4-28-19(25)21-13-6-5-7-22(10-13)18(24)12-8-14(26-2)17(15(9-12)27-3)29-11-16(20)23/h8-9,13H,4-7,10-11H2,1-3H3,(H2,20,23)(H,21,25). The minimum Gasteiger partial charge on any atom is -0.493 e. The van der Waals surface area contributed by atoms with Crippen LogP contribution >= 0.6 is 0 Å². The number of hydrogen-bond donors (Lipinski definition) is 2. The minimum absolute atomic E-state index is 0.186. The lowest BCUT2D eigenvalue weighted by Gasteiger charge is -2.33. The Morgan fingerprint density at radius 2 is 1.86 bits per heavy atom. The Hall–Kier alpha value is -3.17. The molecular formula is C19H27N3O7. The van der Waals surface area contributed by atoms with Crippen molar-refractivity contribution in [1.29, 1.82) is 0 Å². The van der Waals surface area contributed by atoms with Gasteiger partial charge in [0.05, 0.1) is 20.8 Å². The van der Waals surface area contributed by atoms with E-state index >= 15 is 0 Å². The van der Waals surface area contributed by atoms with Crippen LogP contribution in [-0.2, 0) is 9.53 Å². The lowest BCUT2D eigenvalue weighted by molar-refractivity contribution is -0.120. The van der Waals surface area contributed by atoms with Crippen molar-refractivity contribution in [2.45, 2.75) is 25.8 Å². The molecule has 3 amide bonds. The van der Waals surface area contributed by atoms with E-state index in [0.717, 1.165) is 12.8 Å². The monoisotopic (exact) mass is 409 g/mol. The Balaban J connectivity index is 2.18. The van der Waals surface area contributed by atoms with Crippen LogP contribution in [0.2, 0.25) is 0 Å². The van der Waals surface area contributed by atoms with Crippen molar-refractivity contribution in [2.75, 3.05) is 40.5 Å². The molecular weight excluding hydrogens is 382 g/mol. The van der Waals surface area contributed by atoms with Crippen molar-refractivity contribution in [3.8, 4) is 17.2 Å². The number of amides is 3. The average molecular weight is 409 g/mol. The van der Waals surface area contributed by atoms with Gasteiger partial charge in [-0.05, 0) is 31.9 Å². The highest BCUT2D eigenvalue weighted by atomic mass is 16.5. The van der Waals surface area contributed by atoms with Gasteiger partial charge in [-0.2, -0.15) is 0 Å². The molecule has 1 heterocycles. The van der Waals surface area contributed by atoms with Gasteiger partial charge in [-0.25, -0.2) is 4.79 Å². The quantitative estimate of drug-likeness (QED) is 0.653. The summed E-state index contributed by atoms with van der Waals surface area (Å²) in [5, 5.41) is 2.77. The molecule has 1 saturated heterocycles. The molecule has 1 aliphatic rings. The molecule has 0 aliphatic carbocycles. The first kappa shape index (κ1) is 22.1. The number of rotatable bonds is 8. The number of nitrogens with one attached hydrogen (secondary N) is 1. The third-order valence-corrected chi connectivity index (χ3v) is 4.37. The van der Waals surface area contributed by atoms with Crippen LogP contribution in [0.3, 0.4) is 0 Å². The molecule has 0 saturated carbocycles. The van der Waals surface area contributed by atoms with Crippen LogP contribution in [0.4, 0.5) is 4.79 Å². The smallest absolute Gasteiger partial charge is 0.407 e. The predicted molar refractivity (Wildman–Crippen MR) is 103 cm³/mol. The Kier molecular flexibility index (Phi) is 7.93. The molecule has 10 nitrogen and oxygen atoms in total. The molecule has 0 spiro atoms. The number of methoxy groups -OCH3 is 2. The lowest BCUT2D eigenvalue weighted by atomic mass is 10.0. The summed E-state index contributed by atoms with van der Waals surface area (Å²) in [6.45, 7) is 2.58. The summed E-state index contributed by atoms with van der Waals surface area (Å²) in [5.74, 6) is -0.216. The summed E-state index contributed by atoms with van der Waals surface area (Å²) in [5.41, 5.74) is 5.46. The number of nitrogens with two attached hydrogens (primary N) is 1. The SMILES string of the molecule is CCOC(=O)NC1CCCN(C(=O)c2cc(OC)c(OCC(N)=O)c(OC)c2)C1. The Morgan fingerprint density at radius 3 is 2.41 bits per heavy atom. The van der Waals surface area contributed by atoms with Crippen LogP contribution < -0.4 is 25.3 Å². The van der Waals surface area contributed by atoms with Crippen molar-refractivity contribution in [2.24, 2.45) is 5.73 Å². The average Bonchev–Trinajstić information content (AvgIpc) is 2.71. The van der Waals surface area contributed by atoms with Crippen LogP contribution in [0.15, 0.2) is 12.1 Å². The third kappa shape index (κ3) is 5.90. The number of ether oxygens (including phenoxy) is 4. The molecule has 29 heavy (non-hydrogen) atoms. The summed E-state index contributed by atoms with van der Waals surface area (Å²) in [4.78, 5) is 37.4. The van der Waals surface area contributed by atoms with Crippen molar-refractivity contribution < 1.29 is 33.3 Å². The summed E-state index contributed by atoms with van der Waals surface area (Å²) in [6.07, 6.45) is 1.01. The van der Waals surface area contributed by atoms with Crippen molar-refractivity contribution in [3.05, 3.63) is 17.7 Å². The number of alkyl carbamates (subject to hydrolysis) is 1. The van der Waals surface area contributed by atoms with Crippen LogP contribution in [0.25, 0.3) is 0 Å². The molecule has 1 unspecified atom stereocenters.